The normalized spacial score (nSPS) is 11.2. The van der Waals surface area contributed by atoms with Crippen LogP contribution in [0.4, 0.5) is 0 Å². The van der Waals surface area contributed by atoms with E-state index in [-0.39, 0.29) is 5.91 Å². The van der Waals surface area contributed by atoms with Crippen LogP contribution in [0.2, 0.25) is 0 Å². The van der Waals surface area contributed by atoms with Gasteiger partial charge in [-0.3, -0.25) is 4.79 Å². The molecule has 8 heteroatoms. The second-order valence-corrected chi connectivity index (χ2v) is 7.80. The molecule has 0 aromatic heterocycles. The van der Waals surface area contributed by atoms with E-state index in [2.05, 4.69) is 13.8 Å². The number of rotatable bonds is 27. The van der Waals surface area contributed by atoms with E-state index in [0.717, 1.165) is 38.8 Å². The van der Waals surface area contributed by atoms with E-state index in [1.54, 1.807) is 0 Å². The topological polar surface area (TPSA) is 75.7 Å². The van der Waals surface area contributed by atoms with Crippen LogP contribution in [0, 0.1) is 0 Å². The fraction of sp³-hybridized carbons (Fsp3) is 0.960. The summed E-state index contributed by atoms with van der Waals surface area (Å²) >= 11 is 0. The van der Waals surface area contributed by atoms with Gasteiger partial charge in [0.25, 0.3) is 0 Å². The number of hydrogen-bond donors (Lipinski definition) is 0. The third-order valence-corrected chi connectivity index (χ3v) is 4.93. The lowest BCUT2D eigenvalue weighted by molar-refractivity contribution is -0.133. The van der Waals surface area contributed by atoms with Crippen molar-refractivity contribution in [3.05, 3.63) is 0 Å². The van der Waals surface area contributed by atoms with Gasteiger partial charge in [-0.15, -0.1) is 0 Å². The lowest BCUT2D eigenvalue weighted by Gasteiger charge is -2.23. The minimum atomic E-state index is 0.123. The molecule has 0 unspecified atom stereocenters. The van der Waals surface area contributed by atoms with E-state index in [1.807, 2.05) is 11.8 Å². The van der Waals surface area contributed by atoms with Crippen molar-refractivity contribution < 1.29 is 33.2 Å². The highest BCUT2D eigenvalue weighted by Gasteiger charge is 2.13. The van der Waals surface area contributed by atoms with Gasteiger partial charge < -0.3 is 33.3 Å². The highest BCUT2D eigenvalue weighted by atomic mass is 16.6. The molecule has 0 aromatic carbocycles. The summed E-state index contributed by atoms with van der Waals surface area (Å²) in [6.45, 7) is 14.6. The fourth-order valence-electron chi connectivity index (χ4n) is 2.96. The van der Waals surface area contributed by atoms with Crippen LogP contribution >= 0.6 is 0 Å². The molecule has 0 saturated carbocycles. The number of ether oxygens (including phenoxy) is 6. The third-order valence-electron chi connectivity index (χ3n) is 4.93. The van der Waals surface area contributed by atoms with Gasteiger partial charge in [0.15, 0.2) is 0 Å². The summed E-state index contributed by atoms with van der Waals surface area (Å²) in [5.74, 6) is 0.123. The first-order valence-corrected chi connectivity index (χ1v) is 13.0. The van der Waals surface area contributed by atoms with Crippen molar-refractivity contribution in [1.82, 2.24) is 4.90 Å². The lowest BCUT2D eigenvalue weighted by atomic mass is 10.2. The Balaban J connectivity index is 3.84. The Bertz CT molecular complexity index is 399. The van der Waals surface area contributed by atoms with E-state index >= 15 is 0 Å². The number of hydrogen-bond acceptors (Lipinski definition) is 7. The average Bonchev–Trinajstić information content (AvgIpc) is 2.82. The predicted octanol–water partition coefficient (Wildman–Crippen LogP) is 3.71. The Hall–Kier alpha value is -0.770. The summed E-state index contributed by atoms with van der Waals surface area (Å²) in [7, 11) is 0. The van der Waals surface area contributed by atoms with Gasteiger partial charge in [-0.05, 0) is 19.8 Å². The summed E-state index contributed by atoms with van der Waals surface area (Å²) in [4.78, 5) is 14.5. The summed E-state index contributed by atoms with van der Waals surface area (Å²) in [5.41, 5.74) is 0. The lowest BCUT2D eigenvalue weighted by Crippen LogP contribution is -2.35. The van der Waals surface area contributed by atoms with Crippen LogP contribution in [0.5, 0.6) is 0 Å². The number of carbonyl (C=O) groups excluding carboxylic acids is 1. The van der Waals surface area contributed by atoms with Gasteiger partial charge in [-0.2, -0.15) is 0 Å². The molecule has 0 fully saturated rings. The van der Waals surface area contributed by atoms with Crippen molar-refractivity contribution in [2.45, 2.75) is 65.7 Å². The van der Waals surface area contributed by atoms with Crippen LogP contribution in [0.1, 0.15) is 65.7 Å². The van der Waals surface area contributed by atoms with Gasteiger partial charge in [0.1, 0.15) is 0 Å². The van der Waals surface area contributed by atoms with Crippen LogP contribution in [0.3, 0.4) is 0 Å². The monoisotopic (exact) mass is 477 g/mol. The number of unbranched alkanes of at least 4 members (excludes halogenated alkanes) is 4. The molecule has 8 nitrogen and oxygen atoms in total. The molecule has 0 rings (SSSR count). The molecule has 33 heavy (non-hydrogen) atoms. The van der Waals surface area contributed by atoms with Crippen molar-refractivity contribution in [3.63, 3.8) is 0 Å². The van der Waals surface area contributed by atoms with E-state index in [4.69, 9.17) is 28.4 Å². The standard InChI is InChI=1S/C25H51NO7/c1-4-7-9-10-12-26(13-16-31-21-19-29-14-8-5-2)25(27)11-15-30-20-22-33-24-23-32-18-17-28-6-3/h4-24H2,1-3H3. The van der Waals surface area contributed by atoms with Gasteiger partial charge in [0.05, 0.1) is 72.5 Å². The number of carbonyl (C=O) groups is 1. The summed E-state index contributed by atoms with van der Waals surface area (Å²) in [6.07, 6.45) is 7.17. The maximum Gasteiger partial charge on any atom is 0.224 e. The first-order valence-electron chi connectivity index (χ1n) is 13.0. The molecule has 0 aliphatic heterocycles. The maximum atomic E-state index is 12.6. The average molecular weight is 478 g/mol. The molecular weight excluding hydrogens is 426 g/mol. The fourth-order valence-corrected chi connectivity index (χ4v) is 2.96. The predicted molar refractivity (Wildman–Crippen MR) is 131 cm³/mol. The summed E-state index contributed by atoms with van der Waals surface area (Å²) in [6, 6.07) is 0. The summed E-state index contributed by atoms with van der Waals surface area (Å²) < 4.78 is 32.8. The molecule has 198 valence electrons. The SMILES string of the molecule is CCCCCCN(CCOCCOCCCC)C(=O)CCOCCOCCOCCOCC. The Morgan fingerprint density at radius 1 is 0.515 bits per heavy atom. The van der Waals surface area contributed by atoms with Crippen LogP contribution < -0.4 is 0 Å². The van der Waals surface area contributed by atoms with Crippen molar-refractivity contribution in [2.75, 3.05) is 92.4 Å². The zero-order valence-electron chi connectivity index (χ0n) is 21.7. The van der Waals surface area contributed by atoms with Gasteiger partial charge in [0, 0.05) is 26.3 Å². The van der Waals surface area contributed by atoms with Gasteiger partial charge in [-0.25, -0.2) is 0 Å². The molecule has 0 bridgehead atoms. The van der Waals surface area contributed by atoms with Gasteiger partial charge in [0.2, 0.25) is 5.91 Å². The van der Waals surface area contributed by atoms with Crippen molar-refractivity contribution in [3.8, 4) is 0 Å². The molecule has 0 atom stereocenters. The number of amides is 1. The van der Waals surface area contributed by atoms with E-state index in [0.29, 0.717) is 85.6 Å². The molecule has 0 aliphatic carbocycles. The van der Waals surface area contributed by atoms with Crippen molar-refractivity contribution in [1.29, 1.82) is 0 Å². The minimum Gasteiger partial charge on any atom is -0.379 e. The molecule has 0 radical (unpaired) electrons. The minimum absolute atomic E-state index is 0.123. The second-order valence-electron chi connectivity index (χ2n) is 7.80. The van der Waals surface area contributed by atoms with Crippen LogP contribution in [0.25, 0.3) is 0 Å². The zero-order valence-corrected chi connectivity index (χ0v) is 21.7. The highest BCUT2D eigenvalue weighted by Crippen LogP contribution is 2.04. The van der Waals surface area contributed by atoms with E-state index in [1.165, 1.54) is 12.8 Å². The molecule has 1 amide bonds. The van der Waals surface area contributed by atoms with E-state index in [9.17, 15) is 4.79 Å². The first-order chi connectivity index (χ1) is 16.3. The van der Waals surface area contributed by atoms with E-state index < -0.39 is 0 Å². The molecule has 0 spiro atoms. The second kappa shape index (κ2) is 27.5. The zero-order chi connectivity index (χ0) is 24.2. The van der Waals surface area contributed by atoms with Crippen molar-refractivity contribution in [2.24, 2.45) is 0 Å². The highest BCUT2D eigenvalue weighted by molar-refractivity contribution is 5.76. The Kier molecular flexibility index (Phi) is 26.8. The third kappa shape index (κ3) is 24.2. The first kappa shape index (κ1) is 32.2. The molecule has 0 aromatic rings. The van der Waals surface area contributed by atoms with Gasteiger partial charge in [-0.1, -0.05) is 39.5 Å². The van der Waals surface area contributed by atoms with Crippen LogP contribution in [-0.2, 0) is 33.2 Å². The van der Waals surface area contributed by atoms with Crippen LogP contribution in [0.15, 0.2) is 0 Å². The molecule has 0 saturated heterocycles. The van der Waals surface area contributed by atoms with Crippen LogP contribution in [-0.4, -0.2) is 103 Å². The molecular formula is C25H51NO7. The largest absolute Gasteiger partial charge is 0.379 e. The Morgan fingerprint density at radius 2 is 1.03 bits per heavy atom. The quantitative estimate of drug-likeness (QED) is 0.167. The molecule has 0 heterocycles. The maximum absolute atomic E-state index is 12.6. The summed E-state index contributed by atoms with van der Waals surface area (Å²) in [5, 5.41) is 0. The molecule has 0 N–H and O–H groups in total. The smallest absolute Gasteiger partial charge is 0.224 e. The number of nitrogens with zero attached hydrogens (tertiary/aromatic N) is 1. The molecule has 0 aliphatic rings. The Labute approximate surface area is 202 Å². The Morgan fingerprint density at radius 3 is 1.61 bits per heavy atom. The van der Waals surface area contributed by atoms with Crippen molar-refractivity contribution >= 4 is 5.91 Å². The van der Waals surface area contributed by atoms with Gasteiger partial charge >= 0.3 is 0 Å².